The van der Waals surface area contributed by atoms with Crippen LogP contribution in [0.2, 0.25) is 5.02 Å². The standard InChI is InChI=1S/C17H18BrClIN/c1-2-9-21-17(12-4-7-15(20)8-5-12)10-13-3-6-14(18)11-16(13)19/h3-8,11,17,21H,2,9-10H2,1H3. The van der Waals surface area contributed by atoms with Crippen LogP contribution >= 0.6 is 50.1 Å². The third-order valence-electron chi connectivity index (χ3n) is 3.35. The first kappa shape index (κ1) is 17.3. The van der Waals surface area contributed by atoms with Gasteiger partial charge in [0.1, 0.15) is 0 Å². The summed E-state index contributed by atoms with van der Waals surface area (Å²) >= 11 is 12.2. The van der Waals surface area contributed by atoms with Crippen molar-refractivity contribution in [3.8, 4) is 0 Å². The van der Waals surface area contributed by atoms with Gasteiger partial charge >= 0.3 is 0 Å². The van der Waals surface area contributed by atoms with Crippen molar-refractivity contribution in [2.45, 2.75) is 25.8 Å². The molecule has 112 valence electrons. The lowest BCUT2D eigenvalue weighted by molar-refractivity contribution is 0.529. The SMILES string of the molecule is CCCNC(Cc1ccc(Br)cc1Cl)c1ccc(I)cc1. The van der Waals surface area contributed by atoms with E-state index >= 15 is 0 Å². The summed E-state index contributed by atoms with van der Waals surface area (Å²) in [5, 5.41) is 4.44. The average Bonchev–Trinajstić information content (AvgIpc) is 2.46. The molecule has 2 aromatic carbocycles. The Labute approximate surface area is 153 Å². The molecule has 2 aromatic rings. The first-order chi connectivity index (χ1) is 10.1. The van der Waals surface area contributed by atoms with Crippen LogP contribution in [-0.2, 0) is 6.42 Å². The Morgan fingerprint density at radius 3 is 2.52 bits per heavy atom. The molecule has 1 nitrogen and oxygen atoms in total. The summed E-state index contributed by atoms with van der Waals surface area (Å²) in [5.41, 5.74) is 2.48. The summed E-state index contributed by atoms with van der Waals surface area (Å²) in [5.74, 6) is 0. The van der Waals surface area contributed by atoms with E-state index in [1.807, 2.05) is 12.1 Å². The van der Waals surface area contributed by atoms with Crippen molar-refractivity contribution in [3.63, 3.8) is 0 Å². The van der Waals surface area contributed by atoms with E-state index in [1.54, 1.807) is 0 Å². The van der Waals surface area contributed by atoms with E-state index in [0.717, 1.165) is 28.9 Å². The van der Waals surface area contributed by atoms with Gasteiger partial charge in [0.25, 0.3) is 0 Å². The lowest BCUT2D eigenvalue weighted by Crippen LogP contribution is -2.24. The van der Waals surface area contributed by atoms with Crippen molar-refractivity contribution in [3.05, 3.63) is 66.7 Å². The zero-order valence-electron chi connectivity index (χ0n) is 11.9. The summed E-state index contributed by atoms with van der Waals surface area (Å²) < 4.78 is 2.27. The number of halogens is 3. The van der Waals surface area contributed by atoms with Gasteiger partial charge in [-0.05, 0) is 77.4 Å². The van der Waals surface area contributed by atoms with Crippen molar-refractivity contribution >= 4 is 50.1 Å². The number of benzene rings is 2. The van der Waals surface area contributed by atoms with Gasteiger partial charge in [-0.2, -0.15) is 0 Å². The van der Waals surface area contributed by atoms with Crippen molar-refractivity contribution in [2.75, 3.05) is 6.54 Å². The molecule has 1 atom stereocenters. The molecular weight excluding hydrogens is 460 g/mol. The van der Waals surface area contributed by atoms with E-state index in [4.69, 9.17) is 11.6 Å². The maximum atomic E-state index is 6.36. The third kappa shape index (κ3) is 5.23. The summed E-state index contributed by atoms with van der Waals surface area (Å²) in [6, 6.07) is 15.1. The van der Waals surface area contributed by atoms with E-state index in [1.165, 1.54) is 14.7 Å². The van der Waals surface area contributed by atoms with E-state index in [-0.39, 0.29) is 0 Å². The number of rotatable bonds is 6. The van der Waals surface area contributed by atoms with Gasteiger partial charge in [0.2, 0.25) is 0 Å². The van der Waals surface area contributed by atoms with E-state index in [2.05, 4.69) is 81.1 Å². The van der Waals surface area contributed by atoms with E-state index < -0.39 is 0 Å². The molecule has 4 heteroatoms. The lowest BCUT2D eigenvalue weighted by atomic mass is 9.98. The average molecular weight is 479 g/mol. The third-order valence-corrected chi connectivity index (χ3v) is 4.92. The van der Waals surface area contributed by atoms with E-state index in [0.29, 0.717) is 6.04 Å². The van der Waals surface area contributed by atoms with Crippen molar-refractivity contribution < 1.29 is 0 Å². The normalized spacial score (nSPS) is 12.4. The number of hydrogen-bond donors (Lipinski definition) is 1. The fourth-order valence-electron chi connectivity index (χ4n) is 2.23. The molecule has 21 heavy (non-hydrogen) atoms. The highest BCUT2D eigenvalue weighted by Gasteiger charge is 2.13. The molecule has 0 saturated heterocycles. The van der Waals surface area contributed by atoms with Crippen molar-refractivity contribution in [1.29, 1.82) is 0 Å². The lowest BCUT2D eigenvalue weighted by Gasteiger charge is -2.20. The van der Waals surface area contributed by atoms with Gasteiger partial charge in [0.15, 0.2) is 0 Å². The molecule has 0 fully saturated rings. The quantitative estimate of drug-likeness (QED) is 0.503. The Balaban J connectivity index is 2.21. The fourth-order valence-corrected chi connectivity index (χ4v) is 3.34. The first-order valence-corrected chi connectivity index (χ1v) is 9.28. The highest BCUT2D eigenvalue weighted by atomic mass is 127. The molecular formula is C17H18BrClIN. The van der Waals surface area contributed by atoms with E-state index in [9.17, 15) is 0 Å². The first-order valence-electron chi connectivity index (χ1n) is 7.03. The minimum Gasteiger partial charge on any atom is -0.310 e. The number of hydrogen-bond acceptors (Lipinski definition) is 1. The molecule has 0 aromatic heterocycles. The molecule has 2 rings (SSSR count). The maximum Gasteiger partial charge on any atom is 0.0449 e. The Hall–Kier alpha value is -0.100. The second kappa shape index (κ2) is 8.51. The molecule has 0 heterocycles. The molecule has 0 saturated carbocycles. The zero-order chi connectivity index (χ0) is 15.2. The van der Waals surface area contributed by atoms with Crippen LogP contribution < -0.4 is 5.32 Å². The monoisotopic (exact) mass is 477 g/mol. The summed E-state index contributed by atoms with van der Waals surface area (Å²) in [7, 11) is 0. The second-order valence-corrected chi connectivity index (χ2v) is 7.57. The second-order valence-electron chi connectivity index (χ2n) is 5.00. The number of nitrogens with one attached hydrogen (secondary N) is 1. The van der Waals surface area contributed by atoms with Gasteiger partial charge in [0.05, 0.1) is 0 Å². The molecule has 1 N–H and O–H groups in total. The van der Waals surface area contributed by atoms with Crippen LogP contribution in [0.15, 0.2) is 46.9 Å². The molecule has 0 aliphatic rings. The molecule has 0 aliphatic carbocycles. The van der Waals surface area contributed by atoms with Gasteiger partial charge in [0, 0.05) is 19.1 Å². The van der Waals surface area contributed by atoms with Gasteiger partial charge < -0.3 is 5.32 Å². The van der Waals surface area contributed by atoms with Crippen LogP contribution in [0.3, 0.4) is 0 Å². The van der Waals surface area contributed by atoms with Crippen molar-refractivity contribution in [1.82, 2.24) is 5.32 Å². The molecule has 0 bridgehead atoms. The summed E-state index contributed by atoms with van der Waals surface area (Å²) in [4.78, 5) is 0. The summed E-state index contributed by atoms with van der Waals surface area (Å²) in [6.07, 6.45) is 2.02. The molecule has 0 aliphatic heterocycles. The van der Waals surface area contributed by atoms with Gasteiger partial charge in [-0.3, -0.25) is 0 Å². The Kier molecular flexibility index (Phi) is 6.99. The molecule has 0 spiro atoms. The predicted octanol–water partition coefficient (Wildman–Crippen LogP) is 5.99. The smallest absolute Gasteiger partial charge is 0.0449 e. The van der Waals surface area contributed by atoms with Gasteiger partial charge in [-0.15, -0.1) is 0 Å². The van der Waals surface area contributed by atoms with Crippen LogP contribution in [0.5, 0.6) is 0 Å². The Morgan fingerprint density at radius 2 is 1.90 bits per heavy atom. The van der Waals surface area contributed by atoms with Gasteiger partial charge in [-0.25, -0.2) is 0 Å². The van der Waals surface area contributed by atoms with Crippen LogP contribution in [0, 0.1) is 3.57 Å². The molecule has 0 radical (unpaired) electrons. The minimum atomic E-state index is 0.292. The van der Waals surface area contributed by atoms with Gasteiger partial charge in [-0.1, -0.05) is 52.7 Å². The Bertz CT molecular complexity index is 586. The highest BCUT2D eigenvalue weighted by molar-refractivity contribution is 14.1. The van der Waals surface area contributed by atoms with Crippen molar-refractivity contribution in [2.24, 2.45) is 0 Å². The van der Waals surface area contributed by atoms with Crippen LogP contribution in [0.1, 0.15) is 30.5 Å². The fraction of sp³-hybridized carbons (Fsp3) is 0.294. The Morgan fingerprint density at radius 1 is 1.19 bits per heavy atom. The van der Waals surface area contributed by atoms with Crippen LogP contribution in [0.4, 0.5) is 0 Å². The zero-order valence-corrected chi connectivity index (χ0v) is 16.4. The summed E-state index contributed by atoms with van der Waals surface area (Å²) in [6.45, 7) is 3.19. The maximum absolute atomic E-state index is 6.36. The minimum absolute atomic E-state index is 0.292. The molecule has 1 unspecified atom stereocenters. The predicted molar refractivity (Wildman–Crippen MR) is 103 cm³/mol. The van der Waals surface area contributed by atoms with Crippen LogP contribution in [0.25, 0.3) is 0 Å². The van der Waals surface area contributed by atoms with Crippen LogP contribution in [-0.4, -0.2) is 6.54 Å². The molecule has 0 amide bonds. The topological polar surface area (TPSA) is 12.0 Å². The highest BCUT2D eigenvalue weighted by Crippen LogP contribution is 2.26. The largest absolute Gasteiger partial charge is 0.310 e.